The highest BCUT2D eigenvalue weighted by Gasteiger charge is 2.32. The summed E-state index contributed by atoms with van der Waals surface area (Å²) in [5.74, 6) is -0.488. The van der Waals surface area contributed by atoms with E-state index in [2.05, 4.69) is 26.9 Å². The predicted octanol–water partition coefficient (Wildman–Crippen LogP) is 3.26. The Morgan fingerprint density at radius 1 is 1.29 bits per heavy atom. The maximum atomic E-state index is 13.0. The molecule has 31 heavy (non-hydrogen) atoms. The molecule has 0 radical (unpaired) electrons. The minimum atomic E-state index is -4.81. The summed E-state index contributed by atoms with van der Waals surface area (Å²) >= 11 is 0. The fourth-order valence-corrected chi connectivity index (χ4v) is 2.97. The Balaban J connectivity index is 1.86. The summed E-state index contributed by atoms with van der Waals surface area (Å²) in [7, 11) is 3.43. The van der Waals surface area contributed by atoms with Gasteiger partial charge in [0.25, 0.3) is 0 Å². The molecule has 1 aliphatic heterocycles. The SMILES string of the molecule is C=C(C(NC(=O)N1CC(=O)Nc2cccnc21)c1ccc(OC(F)(F)F)cc1)N(C)C. The number of carbonyl (C=O) groups excluding carboxylic acids is 2. The van der Waals surface area contributed by atoms with E-state index in [0.717, 1.165) is 12.1 Å². The zero-order chi connectivity index (χ0) is 22.8. The van der Waals surface area contributed by atoms with Gasteiger partial charge in [-0.1, -0.05) is 18.7 Å². The van der Waals surface area contributed by atoms with Crippen LogP contribution >= 0.6 is 0 Å². The molecular formula is C20H20F3N5O3. The largest absolute Gasteiger partial charge is 0.573 e. The molecule has 1 aromatic carbocycles. The first-order valence-corrected chi connectivity index (χ1v) is 9.10. The van der Waals surface area contributed by atoms with Crippen molar-refractivity contribution in [3.8, 4) is 5.75 Å². The molecule has 0 saturated carbocycles. The number of hydrogen-bond donors (Lipinski definition) is 2. The van der Waals surface area contributed by atoms with Crippen molar-refractivity contribution in [1.82, 2.24) is 15.2 Å². The molecule has 2 N–H and O–H groups in total. The third kappa shape index (κ3) is 5.24. The van der Waals surface area contributed by atoms with Crippen LogP contribution < -0.4 is 20.3 Å². The van der Waals surface area contributed by atoms with Crippen molar-refractivity contribution in [2.75, 3.05) is 30.9 Å². The van der Waals surface area contributed by atoms with Gasteiger partial charge in [-0.15, -0.1) is 13.2 Å². The average molecular weight is 435 g/mol. The van der Waals surface area contributed by atoms with Crippen molar-refractivity contribution in [3.05, 3.63) is 60.4 Å². The van der Waals surface area contributed by atoms with Crippen LogP contribution in [0.1, 0.15) is 11.6 Å². The molecule has 0 fully saturated rings. The molecule has 1 aromatic heterocycles. The highest BCUT2D eigenvalue weighted by molar-refractivity contribution is 6.08. The van der Waals surface area contributed by atoms with E-state index in [-0.39, 0.29) is 24.0 Å². The number of ether oxygens (including phenoxy) is 1. The number of benzene rings is 1. The van der Waals surface area contributed by atoms with Gasteiger partial charge in [0, 0.05) is 26.0 Å². The number of fused-ring (bicyclic) bond motifs is 1. The van der Waals surface area contributed by atoms with Gasteiger partial charge in [-0.25, -0.2) is 9.78 Å². The Morgan fingerprint density at radius 2 is 1.97 bits per heavy atom. The number of carbonyl (C=O) groups is 2. The second kappa shape index (κ2) is 8.54. The first-order chi connectivity index (χ1) is 14.5. The van der Waals surface area contributed by atoms with E-state index in [1.807, 2.05) is 0 Å². The molecule has 164 valence electrons. The van der Waals surface area contributed by atoms with E-state index in [9.17, 15) is 22.8 Å². The topological polar surface area (TPSA) is 86.8 Å². The Labute approximate surface area is 176 Å². The second-order valence-electron chi connectivity index (χ2n) is 6.89. The van der Waals surface area contributed by atoms with E-state index >= 15 is 0 Å². The number of hydrogen-bond acceptors (Lipinski definition) is 5. The number of likely N-dealkylation sites (N-methyl/N-ethyl adjacent to an activating group) is 1. The fourth-order valence-electron chi connectivity index (χ4n) is 2.97. The summed E-state index contributed by atoms with van der Waals surface area (Å²) in [6.45, 7) is 3.72. The number of halogens is 3. The van der Waals surface area contributed by atoms with Crippen LogP contribution in [0.4, 0.5) is 29.5 Å². The van der Waals surface area contributed by atoms with Crippen LogP contribution in [0.15, 0.2) is 54.9 Å². The van der Waals surface area contributed by atoms with Gasteiger partial charge in [-0.05, 0) is 29.8 Å². The normalized spacial score (nSPS) is 14.2. The van der Waals surface area contributed by atoms with Crippen molar-refractivity contribution in [2.45, 2.75) is 12.4 Å². The first-order valence-electron chi connectivity index (χ1n) is 9.10. The quantitative estimate of drug-likeness (QED) is 0.753. The molecule has 1 unspecified atom stereocenters. The van der Waals surface area contributed by atoms with Gasteiger partial charge in [-0.2, -0.15) is 0 Å². The van der Waals surface area contributed by atoms with Gasteiger partial charge in [0.2, 0.25) is 5.91 Å². The van der Waals surface area contributed by atoms with Crippen molar-refractivity contribution in [1.29, 1.82) is 0 Å². The van der Waals surface area contributed by atoms with Crippen molar-refractivity contribution in [2.24, 2.45) is 0 Å². The monoisotopic (exact) mass is 435 g/mol. The third-order valence-corrected chi connectivity index (χ3v) is 4.49. The zero-order valence-corrected chi connectivity index (χ0v) is 16.7. The van der Waals surface area contributed by atoms with E-state index < -0.39 is 18.4 Å². The third-order valence-electron chi connectivity index (χ3n) is 4.49. The predicted molar refractivity (Wildman–Crippen MR) is 107 cm³/mol. The Morgan fingerprint density at radius 3 is 2.58 bits per heavy atom. The summed E-state index contributed by atoms with van der Waals surface area (Å²) in [5.41, 5.74) is 1.34. The van der Waals surface area contributed by atoms with E-state index in [1.165, 1.54) is 23.2 Å². The molecule has 3 rings (SSSR count). The lowest BCUT2D eigenvalue weighted by molar-refractivity contribution is -0.274. The van der Waals surface area contributed by atoms with Crippen molar-refractivity contribution >= 4 is 23.4 Å². The van der Waals surface area contributed by atoms with Gasteiger partial charge >= 0.3 is 12.4 Å². The van der Waals surface area contributed by atoms with Gasteiger partial charge in [0.15, 0.2) is 5.82 Å². The summed E-state index contributed by atoms with van der Waals surface area (Å²) in [4.78, 5) is 32.0. The Kier molecular flexibility index (Phi) is 6.04. The number of amides is 3. The lowest BCUT2D eigenvalue weighted by atomic mass is 10.0. The second-order valence-corrected chi connectivity index (χ2v) is 6.89. The van der Waals surface area contributed by atoms with Crippen molar-refractivity contribution in [3.63, 3.8) is 0 Å². The molecule has 3 amide bonds. The zero-order valence-electron chi connectivity index (χ0n) is 16.7. The summed E-state index contributed by atoms with van der Waals surface area (Å²) in [6.07, 6.45) is -3.32. The van der Waals surface area contributed by atoms with Crippen LogP contribution in [0.25, 0.3) is 0 Å². The maximum Gasteiger partial charge on any atom is 0.573 e. The minimum Gasteiger partial charge on any atom is -0.406 e. The van der Waals surface area contributed by atoms with Crippen LogP contribution in [-0.4, -0.2) is 48.8 Å². The smallest absolute Gasteiger partial charge is 0.406 e. The van der Waals surface area contributed by atoms with Crippen LogP contribution in [0.3, 0.4) is 0 Å². The first kappa shape index (κ1) is 21.9. The Hall–Kier alpha value is -3.76. The molecule has 1 atom stereocenters. The van der Waals surface area contributed by atoms with Crippen LogP contribution in [0.2, 0.25) is 0 Å². The number of pyridine rings is 1. The van der Waals surface area contributed by atoms with Gasteiger partial charge in [-0.3, -0.25) is 9.69 Å². The van der Waals surface area contributed by atoms with Crippen LogP contribution in [0, 0.1) is 0 Å². The number of anilines is 2. The van der Waals surface area contributed by atoms with Gasteiger partial charge in [0.05, 0.1) is 11.7 Å². The molecule has 0 bridgehead atoms. The highest BCUT2D eigenvalue weighted by atomic mass is 19.4. The van der Waals surface area contributed by atoms with Gasteiger partial charge in [0.1, 0.15) is 12.3 Å². The van der Waals surface area contributed by atoms with Gasteiger partial charge < -0.3 is 20.3 Å². The molecule has 1 aliphatic rings. The van der Waals surface area contributed by atoms with Crippen LogP contribution in [0.5, 0.6) is 5.75 Å². The number of aromatic nitrogens is 1. The molecule has 2 aromatic rings. The number of rotatable bonds is 5. The minimum absolute atomic E-state index is 0.241. The van der Waals surface area contributed by atoms with Crippen molar-refractivity contribution < 1.29 is 27.5 Å². The van der Waals surface area contributed by atoms with E-state index in [4.69, 9.17) is 0 Å². The number of nitrogens with zero attached hydrogens (tertiary/aromatic N) is 3. The number of alkyl halides is 3. The highest BCUT2D eigenvalue weighted by Crippen LogP contribution is 2.29. The van der Waals surface area contributed by atoms with E-state index in [1.54, 1.807) is 31.1 Å². The molecule has 2 heterocycles. The maximum absolute atomic E-state index is 13.0. The Bertz CT molecular complexity index is 992. The van der Waals surface area contributed by atoms with Crippen LogP contribution in [-0.2, 0) is 4.79 Å². The molecular weight excluding hydrogens is 415 g/mol. The fraction of sp³-hybridized carbons (Fsp3) is 0.250. The lowest BCUT2D eigenvalue weighted by Gasteiger charge is -2.32. The lowest BCUT2D eigenvalue weighted by Crippen LogP contribution is -2.49. The van der Waals surface area contributed by atoms with E-state index in [0.29, 0.717) is 16.9 Å². The molecule has 11 heteroatoms. The summed E-state index contributed by atoms with van der Waals surface area (Å²) in [6, 6.07) is 6.95. The standard InChI is InChI=1S/C20H20F3N5O3/c1-12(27(2)3)17(13-6-8-14(9-7-13)31-20(21,22)23)26-19(30)28-11-16(29)25-15-5-4-10-24-18(15)28/h4-10,17H,1,11H2,2-3H3,(H,25,29)(H,26,30). The molecule has 0 spiro atoms. The average Bonchev–Trinajstić information content (AvgIpc) is 2.70. The number of nitrogens with one attached hydrogen (secondary N) is 2. The number of urea groups is 1. The summed E-state index contributed by atoms with van der Waals surface area (Å²) in [5, 5.41) is 5.42. The molecule has 8 nitrogen and oxygen atoms in total. The molecule has 0 saturated heterocycles. The molecule has 0 aliphatic carbocycles. The summed E-state index contributed by atoms with van der Waals surface area (Å²) < 4.78 is 41.2.